The quantitative estimate of drug-likeness (QED) is 0.558. The minimum Gasteiger partial charge on any atom is -0.497 e. The Morgan fingerprint density at radius 2 is 1.47 bits per heavy atom. The molecule has 0 spiro atoms. The number of nitrogens with one attached hydrogen (secondary N) is 2. The summed E-state index contributed by atoms with van der Waals surface area (Å²) in [6.45, 7) is 0.261. The number of methoxy groups -OCH3 is 2. The fourth-order valence-corrected chi connectivity index (χ4v) is 3.79. The van der Waals surface area contributed by atoms with Gasteiger partial charge in [0.1, 0.15) is 11.5 Å². The number of amides is 3. The fourth-order valence-electron chi connectivity index (χ4n) is 3.79. The Hall–Kier alpha value is -4.33. The summed E-state index contributed by atoms with van der Waals surface area (Å²) in [5, 5.41) is 5.65. The normalized spacial score (nSPS) is 15.1. The van der Waals surface area contributed by atoms with Crippen molar-refractivity contribution in [1.82, 2.24) is 0 Å². The number of rotatable bonds is 7. The summed E-state index contributed by atoms with van der Waals surface area (Å²) < 4.78 is 10.3. The number of para-hydroxylation sites is 1. The Kier molecular flexibility index (Phi) is 6.77. The van der Waals surface area contributed by atoms with Gasteiger partial charge in [-0.25, -0.2) is 0 Å². The van der Waals surface area contributed by atoms with Crippen LogP contribution in [0.1, 0.15) is 16.8 Å². The Morgan fingerprint density at radius 1 is 0.853 bits per heavy atom. The van der Waals surface area contributed by atoms with Crippen LogP contribution in [0.4, 0.5) is 17.1 Å². The Balaban J connectivity index is 1.44. The molecule has 0 radical (unpaired) electrons. The van der Waals surface area contributed by atoms with Crippen molar-refractivity contribution in [3.63, 3.8) is 0 Å². The van der Waals surface area contributed by atoms with E-state index in [1.165, 1.54) is 0 Å². The zero-order valence-corrected chi connectivity index (χ0v) is 18.9. The van der Waals surface area contributed by atoms with Crippen LogP contribution in [0.2, 0.25) is 0 Å². The first kappa shape index (κ1) is 22.8. The smallest absolute Gasteiger partial charge is 0.257 e. The van der Waals surface area contributed by atoms with Gasteiger partial charge in [-0.2, -0.15) is 0 Å². The molecule has 1 aliphatic rings. The van der Waals surface area contributed by atoms with Crippen molar-refractivity contribution in [3.8, 4) is 11.5 Å². The van der Waals surface area contributed by atoms with Crippen molar-refractivity contribution in [1.29, 1.82) is 0 Å². The SMILES string of the molecule is COc1ccc(NC(=O)c2ccccc2NC(=O)[C@H]2CC(=O)N(c3ccc(OC)cc3)C2)cc1. The lowest BCUT2D eigenvalue weighted by Crippen LogP contribution is -2.28. The van der Waals surface area contributed by atoms with Crippen molar-refractivity contribution >= 4 is 34.8 Å². The molecule has 1 heterocycles. The molecule has 34 heavy (non-hydrogen) atoms. The van der Waals surface area contributed by atoms with E-state index in [-0.39, 0.29) is 30.7 Å². The van der Waals surface area contributed by atoms with E-state index in [0.29, 0.717) is 34.1 Å². The first-order valence-electron chi connectivity index (χ1n) is 10.8. The van der Waals surface area contributed by atoms with Crippen LogP contribution in [-0.4, -0.2) is 38.5 Å². The van der Waals surface area contributed by atoms with Crippen LogP contribution in [0.15, 0.2) is 72.8 Å². The zero-order chi connectivity index (χ0) is 24.1. The summed E-state index contributed by atoms with van der Waals surface area (Å²) in [6, 6.07) is 20.8. The number of hydrogen-bond donors (Lipinski definition) is 2. The number of anilines is 3. The van der Waals surface area contributed by atoms with E-state index in [4.69, 9.17) is 9.47 Å². The Bertz CT molecular complexity index is 1190. The summed E-state index contributed by atoms with van der Waals surface area (Å²) in [6.07, 6.45) is 0.0953. The third-order valence-electron chi connectivity index (χ3n) is 5.66. The highest BCUT2D eigenvalue weighted by Crippen LogP contribution is 2.28. The maximum Gasteiger partial charge on any atom is 0.257 e. The highest BCUT2D eigenvalue weighted by Gasteiger charge is 2.35. The standard InChI is InChI=1S/C26H25N3O5/c1-33-20-11-7-18(8-12-20)27-26(32)22-5-3-4-6-23(22)28-25(31)17-15-24(30)29(16-17)19-9-13-21(34-2)14-10-19/h3-14,17H,15-16H2,1-2H3,(H,27,32)(H,28,31)/t17-/m0/s1. The van der Waals surface area contributed by atoms with Gasteiger partial charge in [-0.3, -0.25) is 14.4 Å². The minimum absolute atomic E-state index is 0.0953. The molecule has 0 bridgehead atoms. The molecule has 1 aliphatic heterocycles. The second kappa shape index (κ2) is 10.1. The second-order valence-electron chi connectivity index (χ2n) is 7.82. The molecule has 2 N–H and O–H groups in total. The molecule has 0 saturated carbocycles. The number of nitrogens with zero attached hydrogens (tertiary/aromatic N) is 1. The molecule has 1 saturated heterocycles. The number of hydrogen-bond acceptors (Lipinski definition) is 5. The van der Waals surface area contributed by atoms with Gasteiger partial charge >= 0.3 is 0 Å². The fraction of sp³-hybridized carbons (Fsp3) is 0.192. The van der Waals surface area contributed by atoms with Gasteiger partial charge in [0.25, 0.3) is 5.91 Å². The zero-order valence-electron chi connectivity index (χ0n) is 18.9. The van der Waals surface area contributed by atoms with Gasteiger partial charge in [0, 0.05) is 24.3 Å². The van der Waals surface area contributed by atoms with Crippen LogP contribution in [0.25, 0.3) is 0 Å². The maximum atomic E-state index is 13.0. The van der Waals surface area contributed by atoms with E-state index in [1.54, 1.807) is 91.9 Å². The summed E-state index contributed by atoms with van der Waals surface area (Å²) in [5.74, 6) is 0.0373. The number of ether oxygens (including phenoxy) is 2. The summed E-state index contributed by atoms with van der Waals surface area (Å²) >= 11 is 0. The lowest BCUT2D eigenvalue weighted by molar-refractivity contribution is -0.122. The summed E-state index contributed by atoms with van der Waals surface area (Å²) in [4.78, 5) is 40.0. The number of carbonyl (C=O) groups is 3. The molecule has 3 amide bonds. The van der Waals surface area contributed by atoms with E-state index in [9.17, 15) is 14.4 Å². The van der Waals surface area contributed by atoms with Gasteiger partial charge in [-0.15, -0.1) is 0 Å². The third-order valence-corrected chi connectivity index (χ3v) is 5.66. The summed E-state index contributed by atoms with van der Waals surface area (Å²) in [7, 11) is 3.14. The minimum atomic E-state index is -0.535. The largest absolute Gasteiger partial charge is 0.497 e. The lowest BCUT2D eigenvalue weighted by atomic mass is 10.1. The van der Waals surface area contributed by atoms with Gasteiger partial charge in [0.05, 0.1) is 31.4 Å². The van der Waals surface area contributed by atoms with Crippen molar-refractivity contribution < 1.29 is 23.9 Å². The molecule has 8 nitrogen and oxygen atoms in total. The highest BCUT2D eigenvalue weighted by atomic mass is 16.5. The maximum absolute atomic E-state index is 13.0. The Morgan fingerprint density at radius 3 is 2.12 bits per heavy atom. The topological polar surface area (TPSA) is 97.0 Å². The van der Waals surface area contributed by atoms with Crippen molar-refractivity contribution in [2.45, 2.75) is 6.42 Å². The van der Waals surface area contributed by atoms with Gasteiger partial charge < -0.3 is 25.0 Å². The Labute approximate surface area is 197 Å². The van der Waals surface area contributed by atoms with Gasteiger partial charge in [0.15, 0.2) is 0 Å². The van der Waals surface area contributed by atoms with Gasteiger partial charge in [0.2, 0.25) is 11.8 Å². The predicted octanol–water partition coefficient (Wildman–Crippen LogP) is 3.95. The van der Waals surface area contributed by atoms with E-state index in [0.717, 1.165) is 0 Å². The first-order valence-corrected chi connectivity index (χ1v) is 10.8. The van der Waals surface area contributed by atoms with Crippen LogP contribution in [0.3, 0.4) is 0 Å². The van der Waals surface area contributed by atoms with Crippen LogP contribution < -0.4 is 25.0 Å². The predicted molar refractivity (Wildman–Crippen MR) is 129 cm³/mol. The molecule has 1 atom stereocenters. The van der Waals surface area contributed by atoms with E-state index < -0.39 is 5.92 Å². The van der Waals surface area contributed by atoms with Crippen LogP contribution in [0, 0.1) is 5.92 Å². The molecule has 0 unspecified atom stereocenters. The second-order valence-corrected chi connectivity index (χ2v) is 7.82. The van der Waals surface area contributed by atoms with Crippen molar-refractivity contribution in [2.24, 2.45) is 5.92 Å². The average molecular weight is 460 g/mol. The van der Waals surface area contributed by atoms with Crippen molar-refractivity contribution in [2.75, 3.05) is 36.3 Å². The van der Waals surface area contributed by atoms with Crippen molar-refractivity contribution in [3.05, 3.63) is 78.4 Å². The molecule has 0 aliphatic carbocycles. The molecule has 8 heteroatoms. The molecule has 0 aromatic heterocycles. The van der Waals surface area contributed by atoms with E-state index >= 15 is 0 Å². The molecule has 3 aromatic carbocycles. The van der Waals surface area contributed by atoms with Crippen LogP contribution >= 0.6 is 0 Å². The lowest BCUT2D eigenvalue weighted by Gasteiger charge is -2.17. The monoisotopic (exact) mass is 459 g/mol. The summed E-state index contributed by atoms with van der Waals surface area (Å²) in [5.41, 5.74) is 2.01. The number of benzene rings is 3. The van der Waals surface area contributed by atoms with E-state index in [1.807, 2.05) is 0 Å². The third kappa shape index (κ3) is 5.01. The molecule has 1 fully saturated rings. The van der Waals surface area contributed by atoms with Crippen LogP contribution in [-0.2, 0) is 9.59 Å². The van der Waals surface area contributed by atoms with Gasteiger partial charge in [-0.1, -0.05) is 12.1 Å². The first-order chi connectivity index (χ1) is 16.5. The molecular weight excluding hydrogens is 434 g/mol. The van der Waals surface area contributed by atoms with E-state index in [2.05, 4.69) is 10.6 Å². The average Bonchev–Trinajstić information content (AvgIpc) is 3.26. The molecule has 174 valence electrons. The van der Waals surface area contributed by atoms with Crippen LogP contribution in [0.5, 0.6) is 11.5 Å². The highest BCUT2D eigenvalue weighted by molar-refractivity contribution is 6.11. The molecular formula is C26H25N3O5. The number of carbonyl (C=O) groups excluding carboxylic acids is 3. The molecule has 4 rings (SSSR count). The molecule has 3 aromatic rings. The van der Waals surface area contributed by atoms with Gasteiger partial charge in [-0.05, 0) is 60.7 Å².